The average molecular weight is 270 g/mol. The number of esters is 2. The Hall–Kier alpha value is -2.89. The zero-order chi connectivity index (χ0) is 14.4. The normalized spacial score (nSPS) is 13.2. The molecule has 0 radical (unpaired) electrons. The van der Waals surface area contributed by atoms with Crippen LogP contribution in [0.5, 0.6) is 0 Å². The summed E-state index contributed by atoms with van der Waals surface area (Å²) in [6.45, 7) is 1.34. The number of rotatable bonds is 1. The van der Waals surface area contributed by atoms with Crippen LogP contribution in [-0.2, 0) is 9.53 Å². The number of ether oxygens (including phenoxy) is 1. The second-order valence-electron chi connectivity index (χ2n) is 4.47. The van der Waals surface area contributed by atoms with Gasteiger partial charge in [0.1, 0.15) is 0 Å². The van der Waals surface area contributed by atoms with E-state index in [1.165, 1.54) is 13.0 Å². The van der Waals surface area contributed by atoms with Crippen LogP contribution in [0.1, 0.15) is 27.6 Å². The van der Waals surface area contributed by atoms with Gasteiger partial charge < -0.3 is 15.8 Å². The van der Waals surface area contributed by atoms with Gasteiger partial charge in [0.25, 0.3) is 0 Å². The number of cyclic esters (lactones) is 2. The van der Waals surface area contributed by atoms with Crippen molar-refractivity contribution in [2.24, 2.45) is 0 Å². The number of hydrogen-bond donors (Lipinski definition) is 2. The fourth-order valence-electron chi connectivity index (χ4n) is 2.32. The topological polar surface area (TPSA) is 98.5 Å². The molecule has 1 aliphatic heterocycles. The molecular weight excluding hydrogens is 260 g/mol. The number of nitrogens with two attached hydrogens (primary N) is 1. The van der Waals surface area contributed by atoms with E-state index in [1.54, 1.807) is 18.2 Å². The van der Waals surface area contributed by atoms with Crippen LogP contribution in [-0.4, -0.2) is 17.8 Å². The second kappa shape index (κ2) is 4.06. The molecule has 6 heteroatoms. The zero-order valence-electron chi connectivity index (χ0n) is 10.5. The minimum absolute atomic E-state index is 0.216. The predicted molar refractivity (Wildman–Crippen MR) is 72.4 cm³/mol. The summed E-state index contributed by atoms with van der Waals surface area (Å²) in [4.78, 5) is 34.7. The monoisotopic (exact) mass is 270 g/mol. The molecule has 3 N–H and O–H groups in total. The first-order valence-corrected chi connectivity index (χ1v) is 5.88. The molecular formula is C14H10N2O4. The van der Waals surface area contributed by atoms with Crippen LogP contribution in [0.15, 0.2) is 24.3 Å². The first kappa shape index (κ1) is 12.2. The van der Waals surface area contributed by atoms with Gasteiger partial charge in [-0.3, -0.25) is 4.79 Å². The summed E-state index contributed by atoms with van der Waals surface area (Å²) >= 11 is 0. The fraction of sp³-hybridized carbons (Fsp3) is 0.0714. The maximum Gasteiger partial charge on any atom is 0.346 e. The summed E-state index contributed by atoms with van der Waals surface area (Å²) in [5.74, 6) is -1.75. The number of nitrogens with one attached hydrogen (secondary N) is 1. The van der Waals surface area contributed by atoms with Gasteiger partial charge in [0, 0.05) is 17.7 Å². The Morgan fingerprint density at radius 2 is 1.90 bits per heavy atom. The quantitative estimate of drug-likeness (QED) is 0.466. The first-order chi connectivity index (χ1) is 9.49. The third-order valence-corrected chi connectivity index (χ3v) is 3.14. The molecule has 0 spiro atoms. The largest absolute Gasteiger partial charge is 0.397 e. The molecule has 1 heterocycles. The number of hydrogen-bond acceptors (Lipinski definition) is 5. The number of benzene rings is 2. The SMILES string of the molecule is CC(=O)Nc1cc2c3c(cccc3c1N)C(=O)OC2=O. The molecule has 0 aromatic heterocycles. The van der Waals surface area contributed by atoms with Gasteiger partial charge in [0.2, 0.25) is 5.91 Å². The summed E-state index contributed by atoms with van der Waals surface area (Å²) < 4.78 is 4.67. The molecule has 0 unspecified atom stereocenters. The van der Waals surface area contributed by atoms with Crippen molar-refractivity contribution >= 4 is 40.0 Å². The summed E-state index contributed by atoms with van der Waals surface area (Å²) in [7, 11) is 0. The van der Waals surface area contributed by atoms with Crippen molar-refractivity contribution in [2.75, 3.05) is 11.1 Å². The fourth-order valence-corrected chi connectivity index (χ4v) is 2.32. The van der Waals surface area contributed by atoms with Gasteiger partial charge in [0.05, 0.1) is 22.5 Å². The molecule has 100 valence electrons. The zero-order valence-corrected chi connectivity index (χ0v) is 10.5. The molecule has 6 nitrogen and oxygen atoms in total. The van der Waals surface area contributed by atoms with Crippen molar-refractivity contribution in [1.29, 1.82) is 0 Å². The highest BCUT2D eigenvalue weighted by atomic mass is 16.6. The van der Waals surface area contributed by atoms with E-state index in [9.17, 15) is 14.4 Å². The maximum absolute atomic E-state index is 11.8. The van der Waals surface area contributed by atoms with Crippen molar-refractivity contribution in [2.45, 2.75) is 6.92 Å². The molecule has 0 fully saturated rings. The molecule has 0 saturated carbocycles. The van der Waals surface area contributed by atoms with Crippen LogP contribution in [0.2, 0.25) is 0 Å². The lowest BCUT2D eigenvalue weighted by molar-refractivity contribution is -0.114. The standard InChI is InChI=1S/C14H10N2O4/c1-6(17)16-10-5-9-11-7(12(10)15)3-2-4-8(11)13(18)20-14(9)19/h2-5H,15H2,1H3,(H,16,17). The highest BCUT2D eigenvalue weighted by Gasteiger charge is 2.29. The number of nitrogen functional groups attached to an aromatic ring is 1. The van der Waals surface area contributed by atoms with E-state index >= 15 is 0 Å². The van der Waals surface area contributed by atoms with Gasteiger partial charge in [-0.2, -0.15) is 0 Å². The lowest BCUT2D eigenvalue weighted by Crippen LogP contribution is -2.20. The van der Waals surface area contributed by atoms with Gasteiger partial charge in [-0.1, -0.05) is 12.1 Å². The van der Waals surface area contributed by atoms with Crippen LogP contribution in [0.4, 0.5) is 11.4 Å². The van der Waals surface area contributed by atoms with Crippen LogP contribution >= 0.6 is 0 Å². The summed E-state index contributed by atoms with van der Waals surface area (Å²) in [5.41, 5.74) is 7.13. The lowest BCUT2D eigenvalue weighted by Gasteiger charge is -2.18. The van der Waals surface area contributed by atoms with Gasteiger partial charge >= 0.3 is 11.9 Å². The number of anilines is 2. The van der Waals surface area contributed by atoms with E-state index in [-0.39, 0.29) is 17.0 Å². The average Bonchev–Trinajstić information content (AvgIpc) is 2.39. The molecule has 0 bridgehead atoms. The summed E-state index contributed by atoms with van der Waals surface area (Å²) in [6.07, 6.45) is 0. The maximum atomic E-state index is 11.8. The van der Waals surface area contributed by atoms with Gasteiger partial charge in [-0.05, 0) is 12.1 Å². The van der Waals surface area contributed by atoms with Crippen LogP contribution in [0, 0.1) is 0 Å². The summed E-state index contributed by atoms with van der Waals surface area (Å²) in [6, 6.07) is 6.33. The van der Waals surface area contributed by atoms with E-state index < -0.39 is 11.9 Å². The molecule has 0 saturated heterocycles. The van der Waals surface area contributed by atoms with Crippen molar-refractivity contribution in [3.63, 3.8) is 0 Å². The van der Waals surface area contributed by atoms with Crippen molar-refractivity contribution in [3.8, 4) is 0 Å². The Labute approximate surface area is 113 Å². The van der Waals surface area contributed by atoms with Crippen molar-refractivity contribution < 1.29 is 19.1 Å². The van der Waals surface area contributed by atoms with Gasteiger partial charge in [0.15, 0.2) is 0 Å². The van der Waals surface area contributed by atoms with E-state index in [0.29, 0.717) is 22.1 Å². The Morgan fingerprint density at radius 1 is 1.20 bits per heavy atom. The molecule has 1 aliphatic rings. The van der Waals surface area contributed by atoms with Crippen LogP contribution in [0.25, 0.3) is 10.8 Å². The molecule has 2 aromatic rings. The van der Waals surface area contributed by atoms with E-state index in [2.05, 4.69) is 10.1 Å². The molecule has 1 amide bonds. The Kier molecular flexibility index (Phi) is 2.47. The Bertz CT molecular complexity index is 795. The molecule has 0 aliphatic carbocycles. The number of carbonyl (C=O) groups excluding carboxylic acids is 3. The Balaban J connectivity index is 2.41. The molecule has 3 rings (SSSR count). The molecule has 20 heavy (non-hydrogen) atoms. The second-order valence-corrected chi connectivity index (χ2v) is 4.47. The predicted octanol–water partition coefficient (Wildman–Crippen LogP) is 1.69. The minimum atomic E-state index is -0.745. The number of carbonyl (C=O) groups is 3. The number of amides is 1. The van der Waals surface area contributed by atoms with Gasteiger partial charge in [-0.25, -0.2) is 9.59 Å². The molecule has 2 aromatic carbocycles. The third kappa shape index (κ3) is 1.62. The Morgan fingerprint density at radius 3 is 2.60 bits per heavy atom. The third-order valence-electron chi connectivity index (χ3n) is 3.14. The highest BCUT2D eigenvalue weighted by Crippen LogP contribution is 2.36. The van der Waals surface area contributed by atoms with E-state index in [1.807, 2.05) is 0 Å². The summed E-state index contributed by atoms with van der Waals surface area (Å²) in [5, 5.41) is 3.55. The highest BCUT2D eigenvalue weighted by molar-refractivity contribution is 6.24. The van der Waals surface area contributed by atoms with Gasteiger partial charge in [-0.15, -0.1) is 0 Å². The lowest BCUT2D eigenvalue weighted by atomic mass is 9.95. The first-order valence-electron chi connectivity index (χ1n) is 5.88. The van der Waals surface area contributed by atoms with E-state index in [0.717, 1.165) is 0 Å². The molecule has 0 atom stereocenters. The van der Waals surface area contributed by atoms with Crippen molar-refractivity contribution in [3.05, 3.63) is 35.4 Å². The van der Waals surface area contributed by atoms with Crippen molar-refractivity contribution in [1.82, 2.24) is 0 Å². The van der Waals surface area contributed by atoms with E-state index in [4.69, 9.17) is 5.73 Å². The van der Waals surface area contributed by atoms with Crippen LogP contribution in [0.3, 0.4) is 0 Å². The minimum Gasteiger partial charge on any atom is -0.397 e. The smallest absolute Gasteiger partial charge is 0.346 e. The van der Waals surface area contributed by atoms with Crippen LogP contribution < -0.4 is 11.1 Å².